The Balaban J connectivity index is 2.35. The smallest absolute Gasteiger partial charge is 0.242 e. The second-order valence-electron chi connectivity index (χ2n) is 3.53. The highest BCUT2D eigenvalue weighted by Gasteiger charge is 2.24. The summed E-state index contributed by atoms with van der Waals surface area (Å²) in [5.41, 5.74) is 0. The van der Waals surface area contributed by atoms with E-state index < -0.39 is 6.04 Å². The van der Waals surface area contributed by atoms with Crippen LogP contribution in [0.3, 0.4) is 0 Å². The zero-order valence-electron chi connectivity index (χ0n) is 8.59. The normalized spacial score (nSPS) is 22.9. The fraction of sp³-hybridized carbons (Fsp3) is 0.778. The number of carbonyl (C=O) groups is 2. The standard InChI is InChI=1S/C9H17N3O2/c1-6(8(13)10-2)12-9(14)7-3-4-11-5-7/h6-7,11H,3-5H2,1-2H3,(H,10,13)(H,12,14)/t6-,7-/m1/s1. The van der Waals surface area contributed by atoms with Gasteiger partial charge >= 0.3 is 0 Å². The minimum Gasteiger partial charge on any atom is -0.357 e. The van der Waals surface area contributed by atoms with Gasteiger partial charge in [-0.05, 0) is 19.9 Å². The van der Waals surface area contributed by atoms with Crippen molar-refractivity contribution in [3.8, 4) is 0 Å². The molecule has 5 heteroatoms. The molecule has 1 aliphatic rings. The van der Waals surface area contributed by atoms with Gasteiger partial charge in [0.15, 0.2) is 0 Å². The second-order valence-corrected chi connectivity index (χ2v) is 3.53. The van der Waals surface area contributed by atoms with E-state index in [9.17, 15) is 9.59 Å². The third-order valence-corrected chi connectivity index (χ3v) is 2.43. The topological polar surface area (TPSA) is 70.2 Å². The van der Waals surface area contributed by atoms with Gasteiger partial charge in [0, 0.05) is 13.6 Å². The van der Waals surface area contributed by atoms with Crippen molar-refractivity contribution in [3.05, 3.63) is 0 Å². The maximum atomic E-state index is 11.5. The lowest BCUT2D eigenvalue weighted by molar-refractivity contribution is -0.130. The largest absolute Gasteiger partial charge is 0.357 e. The van der Waals surface area contributed by atoms with E-state index in [-0.39, 0.29) is 17.7 Å². The Morgan fingerprint density at radius 1 is 1.50 bits per heavy atom. The average molecular weight is 199 g/mol. The fourth-order valence-electron chi connectivity index (χ4n) is 1.49. The lowest BCUT2D eigenvalue weighted by Gasteiger charge is -2.15. The Kier molecular flexibility index (Phi) is 3.88. The minimum absolute atomic E-state index is 0.0158. The molecule has 1 saturated heterocycles. The summed E-state index contributed by atoms with van der Waals surface area (Å²) in [6, 6.07) is -0.451. The molecule has 2 amide bonds. The Hall–Kier alpha value is -1.10. The van der Waals surface area contributed by atoms with Crippen molar-refractivity contribution in [2.24, 2.45) is 5.92 Å². The molecule has 1 rings (SSSR count). The van der Waals surface area contributed by atoms with Gasteiger partial charge in [-0.25, -0.2) is 0 Å². The van der Waals surface area contributed by atoms with Gasteiger partial charge in [-0.1, -0.05) is 0 Å². The van der Waals surface area contributed by atoms with E-state index in [1.54, 1.807) is 14.0 Å². The molecule has 0 aromatic heterocycles. The zero-order chi connectivity index (χ0) is 10.6. The molecule has 0 bridgehead atoms. The number of rotatable bonds is 3. The first-order valence-corrected chi connectivity index (χ1v) is 4.88. The van der Waals surface area contributed by atoms with Crippen molar-refractivity contribution in [2.75, 3.05) is 20.1 Å². The summed E-state index contributed by atoms with van der Waals surface area (Å²) in [5, 5.41) is 8.28. The number of carbonyl (C=O) groups excluding carboxylic acids is 2. The van der Waals surface area contributed by atoms with Gasteiger partial charge in [0.05, 0.1) is 5.92 Å². The molecule has 3 N–H and O–H groups in total. The van der Waals surface area contributed by atoms with E-state index in [1.807, 2.05) is 0 Å². The lowest BCUT2D eigenvalue weighted by Crippen LogP contribution is -2.46. The quantitative estimate of drug-likeness (QED) is 0.537. The molecular formula is C9H17N3O2. The van der Waals surface area contributed by atoms with E-state index >= 15 is 0 Å². The fourth-order valence-corrected chi connectivity index (χ4v) is 1.49. The van der Waals surface area contributed by atoms with Crippen molar-refractivity contribution in [1.82, 2.24) is 16.0 Å². The monoisotopic (exact) mass is 199 g/mol. The van der Waals surface area contributed by atoms with Crippen LogP contribution in [0.1, 0.15) is 13.3 Å². The average Bonchev–Trinajstić information content (AvgIpc) is 2.69. The summed E-state index contributed by atoms with van der Waals surface area (Å²) in [6.07, 6.45) is 0.853. The summed E-state index contributed by atoms with van der Waals surface area (Å²) in [7, 11) is 1.56. The molecule has 0 saturated carbocycles. The number of nitrogens with one attached hydrogen (secondary N) is 3. The van der Waals surface area contributed by atoms with Crippen LogP contribution in [0.2, 0.25) is 0 Å². The molecule has 0 radical (unpaired) electrons. The van der Waals surface area contributed by atoms with Gasteiger partial charge in [0.2, 0.25) is 11.8 Å². The Bertz CT molecular complexity index is 224. The third-order valence-electron chi connectivity index (χ3n) is 2.43. The highest BCUT2D eigenvalue weighted by molar-refractivity contribution is 5.88. The van der Waals surface area contributed by atoms with E-state index in [4.69, 9.17) is 0 Å². The molecule has 1 heterocycles. The predicted octanol–water partition coefficient (Wildman–Crippen LogP) is -1.15. The molecule has 5 nitrogen and oxygen atoms in total. The van der Waals surface area contributed by atoms with Gasteiger partial charge in [-0.3, -0.25) is 9.59 Å². The van der Waals surface area contributed by atoms with Crippen molar-refractivity contribution >= 4 is 11.8 Å². The van der Waals surface area contributed by atoms with Crippen molar-refractivity contribution < 1.29 is 9.59 Å². The van der Waals surface area contributed by atoms with Gasteiger partial charge in [-0.2, -0.15) is 0 Å². The molecular weight excluding hydrogens is 182 g/mol. The summed E-state index contributed by atoms with van der Waals surface area (Å²) in [4.78, 5) is 22.7. The van der Waals surface area contributed by atoms with E-state index in [0.29, 0.717) is 6.54 Å². The second kappa shape index (κ2) is 4.95. The Morgan fingerprint density at radius 2 is 2.21 bits per heavy atom. The van der Waals surface area contributed by atoms with Crippen molar-refractivity contribution in [1.29, 1.82) is 0 Å². The number of hydrogen-bond acceptors (Lipinski definition) is 3. The van der Waals surface area contributed by atoms with Gasteiger partial charge in [-0.15, -0.1) is 0 Å². The van der Waals surface area contributed by atoms with Crippen LogP contribution in [-0.4, -0.2) is 38.0 Å². The molecule has 80 valence electrons. The SMILES string of the molecule is CNC(=O)[C@@H](C)NC(=O)[C@@H]1CCNC1. The summed E-state index contributed by atoms with van der Waals surface area (Å²) in [6.45, 7) is 3.28. The first-order valence-electron chi connectivity index (χ1n) is 4.88. The van der Waals surface area contributed by atoms with Crippen LogP contribution in [0.25, 0.3) is 0 Å². The van der Waals surface area contributed by atoms with E-state index in [1.165, 1.54) is 0 Å². The molecule has 0 aromatic rings. The van der Waals surface area contributed by atoms with Crippen LogP contribution >= 0.6 is 0 Å². The molecule has 0 unspecified atom stereocenters. The first-order chi connectivity index (χ1) is 6.65. The third kappa shape index (κ3) is 2.70. The van der Waals surface area contributed by atoms with Crippen molar-refractivity contribution in [3.63, 3.8) is 0 Å². The lowest BCUT2D eigenvalue weighted by atomic mass is 10.1. The highest BCUT2D eigenvalue weighted by atomic mass is 16.2. The van der Waals surface area contributed by atoms with Crippen LogP contribution in [-0.2, 0) is 9.59 Å². The van der Waals surface area contributed by atoms with Crippen LogP contribution in [0.4, 0.5) is 0 Å². The number of hydrogen-bond donors (Lipinski definition) is 3. The van der Waals surface area contributed by atoms with Crippen LogP contribution in [0, 0.1) is 5.92 Å². The van der Waals surface area contributed by atoms with Crippen LogP contribution in [0.15, 0.2) is 0 Å². The summed E-state index contributed by atoms with van der Waals surface area (Å²) in [5.74, 6) is -0.183. The van der Waals surface area contributed by atoms with E-state index in [0.717, 1.165) is 13.0 Å². The number of amides is 2. The minimum atomic E-state index is -0.451. The highest BCUT2D eigenvalue weighted by Crippen LogP contribution is 2.07. The number of likely N-dealkylation sites (N-methyl/N-ethyl adjacent to an activating group) is 1. The molecule has 1 aliphatic heterocycles. The maximum Gasteiger partial charge on any atom is 0.242 e. The van der Waals surface area contributed by atoms with Gasteiger partial charge < -0.3 is 16.0 Å². The summed E-state index contributed by atoms with van der Waals surface area (Å²) >= 11 is 0. The first kappa shape index (κ1) is 11.0. The molecule has 1 fully saturated rings. The van der Waals surface area contributed by atoms with Crippen molar-refractivity contribution in [2.45, 2.75) is 19.4 Å². The molecule has 0 aromatic carbocycles. The van der Waals surface area contributed by atoms with Crippen LogP contribution in [0.5, 0.6) is 0 Å². The Labute approximate surface area is 83.6 Å². The van der Waals surface area contributed by atoms with Crippen LogP contribution < -0.4 is 16.0 Å². The Morgan fingerprint density at radius 3 is 2.71 bits per heavy atom. The molecule has 0 spiro atoms. The zero-order valence-corrected chi connectivity index (χ0v) is 8.59. The molecule has 2 atom stereocenters. The maximum absolute atomic E-state index is 11.5. The molecule has 0 aliphatic carbocycles. The van der Waals surface area contributed by atoms with Gasteiger partial charge in [0.25, 0.3) is 0 Å². The molecule has 14 heavy (non-hydrogen) atoms. The predicted molar refractivity (Wildman–Crippen MR) is 52.6 cm³/mol. The van der Waals surface area contributed by atoms with Gasteiger partial charge in [0.1, 0.15) is 6.04 Å². The van der Waals surface area contributed by atoms with E-state index in [2.05, 4.69) is 16.0 Å². The summed E-state index contributed by atoms with van der Waals surface area (Å²) < 4.78 is 0.